The number of nitrogens with zero attached hydrogens (tertiary/aromatic N) is 3. The summed E-state index contributed by atoms with van der Waals surface area (Å²) in [4.78, 5) is 35.3. The summed E-state index contributed by atoms with van der Waals surface area (Å²) in [5.41, 5.74) is 2.20. The van der Waals surface area contributed by atoms with E-state index in [1.807, 2.05) is 0 Å². The molecule has 0 aromatic rings. The third-order valence-corrected chi connectivity index (χ3v) is 2.06. The van der Waals surface area contributed by atoms with E-state index in [1.54, 1.807) is 0 Å². The van der Waals surface area contributed by atoms with Crippen LogP contribution in [0, 0.1) is 0 Å². The fourth-order valence-corrected chi connectivity index (χ4v) is 1.47. The van der Waals surface area contributed by atoms with Crippen LogP contribution >= 0.6 is 0 Å². The Bertz CT molecular complexity index is 377. The van der Waals surface area contributed by atoms with Gasteiger partial charge in [-0.2, -0.15) is 0 Å². The third kappa shape index (κ3) is 1.60. The van der Waals surface area contributed by atoms with Crippen LogP contribution < -0.4 is 5.43 Å². The fraction of sp³-hybridized carbons (Fsp3) is 0.429. The Balaban J connectivity index is 2.21. The van der Waals surface area contributed by atoms with Crippen LogP contribution in [0.25, 0.3) is 0 Å². The van der Waals surface area contributed by atoms with Crippen LogP contribution in [0.5, 0.6) is 0 Å². The van der Waals surface area contributed by atoms with Gasteiger partial charge in [0.05, 0.1) is 0 Å². The number of nitrogens with one attached hydrogen (secondary N) is 1. The highest BCUT2D eigenvalue weighted by Gasteiger charge is 2.38. The van der Waals surface area contributed by atoms with E-state index in [2.05, 4.69) is 10.5 Å². The average molecular weight is 212 g/mol. The van der Waals surface area contributed by atoms with Crippen molar-refractivity contribution in [3.05, 3.63) is 0 Å². The van der Waals surface area contributed by atoms with E-state index in [-0.39, 0.29) is 30.9 Å². The molecule has 1 saturated heterocycles. The van der Waals surface area contributed by atoms with E-state index in [1.165, 1.54) is 4.90 Å². The molecule has 0 spiro atoms. The first-order valence-electron chi connectivity index (χ1n) is 4.21. The van der Waals surface area contributed by atoms with Gasteiger partial charge < -0.3 is 10.0 Å². The van der Waals surface area contributed by atoms with E-state index in [4.69, 9.17) is 5.11 Å². The van der Waals surface area contributed by atoms with Crippen molar-refractivity contribution >= 4 is 23.7 Å². The maximum Gasteiger partial charge on any atom is 0.323 e. The molecule has 0 aromatic heterocycles. The minimum Gasteiger partial charge on any atom is -0.480 e. The first-order chi connectivity index (χ1) is 7.08. The zero-order valence-electron chi connectivity index (χ0n) is 7.63. The van der Waals surface area contributed by atoms with Crippen LogP contribution in [-0.4, -0.2) is 58.3 Å². The highest BCUT2D eigenvalue weighted by Crippen LogP contribution is 2.11. The zero-order valence-corrected chi connectivity index (χ0v) is 7.63. The zero-order chi connectivity index (χ0) is 11.0. The minimum absolute atomic E-state index is 0.000463. The van der Waals surface area contributed by atoms with Crippen LogP contribution in [0.2, 0.25) is 0 Å². The number of aliphatic carboxylic acids is 1. The molecule has 2 heterocycles. The lowest BCUT2D eigenvalue weighted by Crippen LogP contribution is -2.46. The molecule has 0 atom stereocenters. The highest BCUT2D eigenvalue weighted by atomic mass is 16.4. The maximum atomic E-state index is 11.4. The summed E-state index contributed by atoms with van der Waals surface area (Å²) in [5, 5.41) is 12.2. The van der Waals surface area contributed by atoms with Gasteiger partial charge in [-0.05, 0) is 0 Å². The lowest BCUT2D eigenvalue weighted by Gasteiger charge is -2.22. The number of hydrogen-bond acceptors (Lipinski definition) is 5. The number of carbonyl (C=O) groups excluding carboxylic acids is 2. The molecule has 0 aliphatic carbocycles. The molecule has 2 N–H and O–H groups in total. The van der Waals surface area contributed by atoms with Gasteiger partial charge in [-0.25, -0.2) is 5.43 Å². The van der Waals surface area contributed by atoms with Gasteiger partial charge in [-0.1, -0.05) is 0 Å². The molecule has 8 nitrogen and oxygen atoms in total. The van der Waals surface area contributed by atoms with Gasteiger partial charge in [0.15, 0.2) is 0 Å². The molecule has 1 fully saturated rings. The predicted octanol–water partition coefficient (Wildman–Crippen LogP) is -2.38. The van der Waals surface area contributed by atoms with Crippen molar-refractivity contribution in [1.82, 2.24) is 15.2 Å². The lowest BCUT2D eigenvalue weighted by molar-refractivity contribution is -0.140. The molecule has 0 unspecified atom stereocenters. The number of guanidine groups is 1. The van der Waals surface area contributed by atoms with Gasteiger partial charge in [0.2, 0.25) is 11.9 Å². The van der Waals surface area contributed by atoms with E-state index < -0.39 is 12.5 Å². The van der Waals surface area contributed by atoms with Gasteiger partial charge in [-0.15, -0.1) is 5.10 Å². The second kappa shape index (κ2) is 3.23. The van der Waals surface area contributed by atoms with Crippen LogP contribution in [0.4, 0.5) is 0 Å². The summed E-state index contributed by atoms with van der Waals surface area (Å²) in [6.07, 6.45) is 0. The molecule has 2 aliphatic rings. The average Bonchev–Trinajstić information content (AvgIpc) is 2.41. The molecule has 0 aromatic carbocycles. The van der Waals surface area contributed by atoms with Gasteiger partial charge >= 0.3 is 5.97 Å². The van der Waals surface area contributed by atoms with Gasteiger partial charge in [0.25, 0.3) is 5.91 Å². The normalized spacial score (nSPS) is 19.9. The summed E-state index contributed by atoms with van der Waals surface area (Å²) in [6.45, 7) is -0.412. The summed E-state index contributed by atoms with van der Waals surface area (Å²) < 4.78 is 0. The molecule has 15 heavy (non-hydrogen) atoms. The smallest absolute Gasteiger partial charge is 0.323 e. The van der Waals surface area contributed by atoms with Crippen LogP contribution in [0.3, 0.4) is 0 Å². The molecule has 0 saturated carbocycles. The second-order valence-corrected chi connectivity index (χ2v) is 3.18. The first kappa shape index (κ1) is 9.44. The number of carbonyl (C=O) groups is 3. The summed E-state index contributed by atoms with van der Waals surface area (Å²) in [6, 6.07) is 0. The Labute approximate surface area is 84.1 Å². The van der Waals surface area contributed by atoms with E-state index in [0.717, 1.165) is 4.90 Å². The monoisotopic (exact) mass is 212 g/mol. The SMILES string of the molecule is O=C(O)CN1C(=O)CN2CC(=O)NN=C21. The van der Waals surface area contributed by atoms with Crippen LogP contribution in [0.15, 0.2) is 5.10 Å². The number of carboxylic acids is 1. The molecule has 2 aliphatic heterocycles. The van der Waals surface area contributed by atoms with Crippen LogP contribution in [0.1, 0.15) is 0 Å². The molecule has 2 amide bonds. The predicted molar refractivity (Wildman–Crippen MR) is 46.5 cm³/mol. The van der Waals surface area contributed by atoms with Crippen molar-refractivity contribution in [2.75, 3.05) is 19.6 Å². The standard InChI is InChI=1S/C7H8N4O4/c12-4-1-10-2-5(13)11(3-6(14)15)7(10)9-8-4/h1-3H2,(H,8,12)(H,14,15). The number of amides is 2. The van der Waals surface area contributed by atoms with Gasteiger partial charge in [0.1, 0.15) is 19.6 Å². The van der Waals surface area contributed by atoms with Crippen molar-refractivity contribution in [3.8, 4) is 0 Å². The number of hydrazone groups is 1. The number of hydrogen-bond donors (Lipinski definition) is 2. The number of rotatable bonds is 2. The van der Waals surface area contributed by atoms with Crippen molar-refractivity contribution in [3.63, 3.8) is 0 Å². The number of fused-ring (bicyclic) bond motifs is 1. The molecular weight excluding hydrogens is 204 g/mol. The van der Waals surface area contributed by atoms with Gasteiger partial charge in [0, 0.05) is 0 Å². The van der Waals surface area contributed by atoms with Crippen LogP contribution in [-0.2, 0) is 14.4 Å². The summed E-state index contributed by atoms with van der Waals surface area (Å²) in [5.74, 6) is -1.61. The Morgan fingerprint density at radius 2 is 2.20 bits per heavy atom. The van der Waals surface area contributed by atoms with E-state index in [0.29, 0.717) is 0 Å². The van der Waals surface area contributed by atoms with Gasteiger partial charge in [-0.3, -0.25) is 19.3 Å². The fourth-order valence-electron chi connectivity index (χ4n) is 1.47. The van der Waals surface area contributed by atoms with Crippen molar-refractivity contribution in [1.29, 1.82) is 0 Å². The Hall–Kier alpha value is -2.12. The largest absolute Gasteiger partial charge is 0.480 e. The maximum absolute atomic E-state index is 11.4. The second-order valence-electron chi connectivity index (χ2n) is 3.18. The third-order valence-electron chi connectivity index (χ3n) is 2.06. The number of carboxylic acid groups (broad SMARTS) is 1. The topological polar surface area (TPSA) is 102 Å². The van der Waals surface area contributed by atoms with Crippen molar-refractivity contribution < 1.29 is 19.5 Å². The first-order valence-corrected chi connectivity index (χ1v) is 4.21. The lowest BCUT2D eigenvalue weighted by atomic mass is 10.5. The molecule has 80 valence electrons. The molecule has 0 bridgehead atoms. The minimum atomic E-state index is -1.12. The Morgan fingerprint density at radius 1 is 1.47 bits per heavy atom. The molecule has 8 heteroatoms. The molecule has 0 radical (unpaired) electrons. The summed E-state index contributed by atoms with van der Waals surface area (Å²) >= 11 is 0. The highest BCUT2D eigenvalue weighted by molar-refractivity contribution is 6.08. The van der Waals surface area contributed by atoms with E-state index in [9.17, 15) is 14.4 Å². The Morgan fingerprint density at radius 3 is 2.87 bits per heavy atom. The van der Waals surface area contributed by atoms with Crippen molar-refractivity contribution in [2.45, 2.75) is 0 Å². The quantitative estimate of drug-likeness (QED) is 0.532. The summed E-state index contributed by atoms with van der Waals surface area (Å²) in [7, 11) is 0. The molecular formula is C7H8N4O4. The van der Waals surface area contributed by atoms with E-state index >= 15 is 0 Å². The Kier molecular flexibility index (Phi) is 2.03. The van der Waals surface area contributed by atoms with Crippen molar-refractivity contribution in [2.24, 2.45) is 5.10 Å². The molecule has 2 rings (SSSR count).